The van der Waals surface area contributed by atoms with E-state index in [1.165, 1.54) is 24.3 Å². The molecule has 84 valence electrons. The summed E-state index contributed by atoms with van der Waals surface area (Å²) in [4.78, 5) is 0. The molecule has 0 unspecified atom stereocenters. The van der Waals surface area contributed by atoms with Crippen molar-refractivity contribution in [2.75, 3.05) is 12.4 Å². The topological polar surface area (TPSA) is 43.4 Å². The van der Waals surface area contributed by atoms with Gasteiger partial charge in [-0.25, -0.2) is 12.8 Å². The largest absolute Gasteiger partial charge is 0.494 e. The van der Waals surface area contributed by atoms with Gasteiger partial charge in [-0.05, 0) is 30.7 Å². The van der Waals surface area contributed by atoms with Crippen molar-refractivity contribution in [2.45, 2.75) is 6.42 Å². The predicted octanol–water partition coefficient (Wildman–Crippen LogP) is 2.16. The average Bonchev–Trinajstić information content (AvgIpc) is 2.14. The summed E-state index contributed by atoms with van der Waals surface area (Å²) in [6, 6.07) is 5.50. The normalized spacial score (nSPS) is 11.3. The molecule has 0 N–H and O–H groups in total. The Balaban J connectivity index is 2.29. The molecule has 1 rings (SSSR count). The van der Waals surface area contributed by atoms with Crippen molar-refractivity contribution in [1.82, 2.24) is 0 Å². The third kappa shape index (κ3) is 5.59. The first-order chi connectivity index (χ1) is 6.97. The molecule has 0 spiro atoms. The van der Waals surface area contributed by atoms with Crippen molar-refractivity contribution in [2.24, 2.45) is 0 Å². The van der Waals surface area contributed by atoms with Gasteiger partial charge in [-0.3, -0.25) is 0 Å². The number of halogens is 2. The van der Waals surface area contributed by atoms with Crippen LogP contribution in [0.2, 0.25) is 0 Å². The third-order valence-electron chi connectivity index (χ3n) is 1.61. The molecule has 0 atom stereocenters. The van der Waals surface area contributed by atoms with E-state index in [0.717, 1.165) is 0 Å². The number of ether oxygens (including phenoxy) is 1. The monoisotopic (exact) mass is 252 g/mol. The van der Waals surface area contributed by atoms with Crippen LogP contribution in [0.25, 0.3) is 0 Å². The number of benzene rings is 1. The maximum Gasteiger partial charge on any atom is 0.232 e. The van der Waals surface area contributed by atoms with Gasteiger partial charge in [0.15, 0.2) is 0 Å². The predicted molar refractivity (Wildman–Crippen MR) is 56.2 cm³/mol. The SMILES string of the molecule is O=S(=O)(Cl)CCCOc1ccc(F)cc1. The molecule has 1 aromatic carbocycles. The maximum absolute atomic E-state index is 12.5. The van der Waals surface area contributed by atoms with Crippen LogP contribution in [0, 0.1) is 5.82 Å². The quantitative estimate of drug-likeness (QED) is 0.596. The van der Waals surface area contributed by atoms with Gasteiger partial charge in [0, 0.05) is 10.7 Å². The van der Waals surface area contributed by atoms with E-state index in [4.69, 9.17) is 15.4 Å². The summed E-state index contributed by atoms with van der Waals surface area (Å²) in [7, 11) is 1.55. The van der Waals surface area contributed by atoms with Gasteiger partial charge < -0.3 is 4.74 Å². The Morgan fingerprint density at radius 1 is 1.27 bits per heavy atom. The van der Waals surface area contributed by atoms with Crippen LogP contribution in [-0.4, -0.2) is 20.8 Å². The van der Waals surface area contributed by atoms with Crippen LogP contribution in [0.15, 0.2) is 24.3 Å². The molecule has 0 saturated heterocycles. The Hall–Kier alpha value is -0.810. The summed E-state index contributed by atoms with van der Waals surface area (Å²) in [6.07, 6.45) is 0.309. The molecule has 3 nitrogen and oxygen atoms in total. The lowest BCUT2D eigenvalue weighted by atomic mass is 10.3. The zero-order valence-electron chi connectivity index (χ0n) is 7.82. The van der Waals surface area contributed by atoms with Crippen molar-refractivity contribution >= 4 is 19.7 Å². The lowest BCUT2D eigenvalue weighted by Gasteiger charge is -2.04. The Labute approximate surface area is 92.2 Å². The standard InChI is InChI=1S/C9H10ClFO3S/c10-15(12,13)7-1-6-14-9-4-2-8(11)3-5-9/h2-5H,1,6-7H2. The maximum atomic E-state index is 12.5. The van der Waals surface area contributed by atoms with Crippen LogP contribution < -0.4 is 4.74 Å². The van der Waals surface area contributed by atoms with Crippen LogP contribution in [0.3, 0.4) is 0 Å². The zero-order valence-corrected chi connectivity index (χ0v) is 9.39. The minimum atomic E-state index is -3.45. The second-order valence-electron chi connectivity index (χ2n) is 2.90. The first kappa shape index (κ1) is 12.3. The molecule has 15 heavy (non-hydrogen) atoms. The summed E-state index contributed by atoms with van der Waals surface area (Å²) in [5, 5.41) is 0. The van der Waals surface area contributed by atoms with Crippen molar-refractivity contribution in [3.63, 3.8) is 0 Å². The molecule has 1 aromatic rings. The Morgan fingerprint density at radius 2 is 1.87 bits per heavy atom. The van der Waals surface area contributed by atoms with Crippen molar-refractivity contribution in [3.8, 4) is 5.75 Å². The molecule has 0 fully saturated rings. The summed E-state index contributed by atoms with van der Waals surface area (Å²) < 4.78 is 38.7. The molecule has 0 bridgehead atoms. The van der Waals surface area contributed by atoms with Crippen LogP contribution >= 0.6 is 10.7 Å². The highest BCUT2D eigenvalue weighted by Gasteiger charge is 2.04. The van der Waals surface area contributed by atoms with E-state index in [-0.39, 0.29) is 18.2 Å². The van der Waals surface area contributed by atoms with Crippen molar-refractivity contribution in [3.05, 3.63) is 30.1 Å². The van der Waals surface area contributed by atoms with Gasteiger partial charge in [0.1, 0.15) is 11.6 Å². The summed E-state index contributed by atoms with van der Waals surface area (Å²) in [5.74, 6) is 0.0319. The smallest absolute Gasteiger partial charge is 0.232 e. The molecule has 0 saturated carbocycles. The Bertz CT molecular complexity index is 402. The first-order valence-corrected chi connectivity index (χ1v) is 6.76. The van der Waals surface area contributed by atoms with Gasteiger partial charge in [-0.1, -0.05) is 0 Å². The molecule has 0 heterocycles. The van der Waals surface area contributed by atoms with Gasteiger partial charge in [-0.15, -0.1) is 0 Å². The van der Waals surface area contributed by atoms with Gasteiger partial charge in [0.05, 0.1) is 12.4 Å². The fourth-order valence-electron chi connectivity index (χ4n) is 0.952. The molecule has 0 aromatic heterocycles. The lowest BCUT2D eigenvalue weighted by Crippen LogP contribution is -2.04. The fraction of sp³-hybridized carbons (Fsp3) is 0.333. The Morgan fingerprint density at radius 3 is 2.40 bits per heavy atom. The van der Waals surface area contributed by atoms with E-state index in [0.29, 0.717) is 12.2 Å². The average molecular weight is 253 g/mol. The summed E-state index contributed by atoms with van der Waals surface area (Å²) in [5.41, 5.74) is 0. The lowest BCUT2D eigenvalue weighted by molar-refractivity contribution is 0.317. The van der Waals surface area contributed by atoms with Crippen molar-refractivity contribution < 1.29 is 17.5 Å². The molecule has 0 radical (unpaired) electrons. The Kier molecular flexibility index (Phi) is 4.35. The van der Waals surface area contributed by atoms with Crippen LogP contribution in [-0.2, 0) is 9.05 Å². The molecular weight excluding hydrogens is 243 g/mol. The van der Waals surface area contributed by atoms with Gasteiger partial charge in [0.2, 0.25) is 9.05 Å². The third-order valence-corrected chi connectivity index (χ3v) is 2.85. The van der Waals surface area contributed by atoms with E-state index in [1.807, 2.05) is 0 Å². The molecule has 0 aliphatic carbocycles. The minimum absolute atomic E-state index is 0.129. The highest BCUT2D eigenvalue weighted by atomic mass is 35.7. The number of hydrogen-bond acceptors (Lipinski definition) is 3. The van der Waals surface area contributed by atoms with Crippen LogP contribution in [0.4, 0.5) is 4.39 Å². The molecule has 0 aliphatic heterocycles. The highest BCUT2D eigenvalue weighted by Crippen LogP contribution is 2.11. The minimum Gasteiger partial charge on any atom is -0.494 e. The van der Waals surface area contributed by atoms with E-state index in [1.54, 1.807) is 0 Å². The highest BCUT2D eigenvalue weighted by molar-refractivity contribution is 8.13. The number of hydrogen-bond donors (Lipinski definition) is 0. The molecule has 6 heteroatoms. The van der Waals surface area contributed by atoms with Crippen LogP contribution in [0.1, 0.15) is 6.42 Å². The van der Waals surface area contributed by atoms with Gasteiger partial charge in [0.25, 0.3) is 0 Å². The molecular formula is C9H10ClFO3S. The first-order valence-electron chi connectivity index (χ1n) is 4.28. The fourth-order valence-corrected chi connectivity index (χ4v) is 1.74. The summed E-state index contributed by atoms with van der Waals surface area (Å²) >= 11 is 0. The second-order valence-corrected chi connectivity index (χ2v) is 5.80. The molecule has 0 aliphatic rings. The van der Waals surface area contributed by atoms with Gasteiger partial charge in [-0.2, -0.15) is 0 Å². The van der Waals surface area contributed by atoms with E-state index >= 15 is 0 Å². The zero-order chi connectivity index (χ0) is 11.3. The summed E-state index contributed by atoms with van der Waals surface area (Å²) in [6.45, 7) is 0.234. The van der Waals surface area contributed by atoms with Crippen molar-refractivity contribution in [1.29, 1.82) is 0 Å². The van der Waals surface area contributed by atoms with Crippen LogP contribution in [0.5, 0.6) is 5.75 Å². The molecule has 0 amide bonds. The van der Waals surface area contributed by atoms with E-state index in [2.05, 4.69) is 0 Å². The van der Waals surface area contributed by atoms with E-state index in [9.17, 15) is 12.8 Å². The number of rotatable bonds is 5. The second kappa shape index (κ2) is 5.32. The van der Waals surface area contributed by atoms with E-state index < -0.39 is 9.05 Å². The van der Waals surface area contributed by atoms with Gasteiger partial charge >= 0.3 is 0 Å².